The second kappa shape index (κ2) is 4.65. The number of anilines is 1. The first-order valence-corrected chi connectivity index (χ1v) is 6.50. The Bertz CT molecular complexity index is 610. The molecule has 3 heteroatoms. The van der Waals surface area contributed by atoms with Gasteiger partial charge in [0.25, 0.3) is 0 Å². The number of aromatic nitrogens is 2. The van der Waals surface area contributed by atoms with Gasteiger partial charge in [0.05, 0.1) is 5.69 Å². The molecule has 2 aromatic rings. The minimum Gasteiger partial charge on any atom is -0.384 e. The standard InChI is InChI=1S/C16H21N3/c1-10-6-7-11(2)12(8-10)15-18-13(16(3,4)5)9-14(17)19-15/h6-9H,1-5H3,(H2,17,18,19). The van der Waals surface area contributed by atoms with Crippen LogP contribution in [-0.4, -0.2) is 9.97 Å². The molecule has 1 heterocycles. The number of nitrogens with two attached hydrogens (primary N) is 1. The van der Waals surface area contributed by atoms with E-state index in [0.717, 1.165) is 16.8 Å². The van der Waals surface area contributed by atoms with Crippen LogP contribution in [-0.2, 0) is 5.41 Å². The quantitative estimate of drug-likeness (QED) is 0.846. The fourth-order valence-corrected chi connectivity index (χ4v) is 1.95. The zero-order chi connectivity index (χ0) is 14.2. The van der Waals surface area contributed by atoms with Crippen molar-refractivity contribution in [2.45, 2.75) is 40.0 Å². The largest absolute Gasteiger partial charge is 0.384 e. The molecular formula is C16H21N3. The molecule has 0 atom stereocenters. The Balaban J connectivity index is 2.63. The Kier molecular flexibility index (Phi) is 3.31. The summed E-state index contributed by atoms with van der Waals surface area (Å²) in [5, 5.41) is 0. The highest BCUT2D eigenvalue weighted by atomic mass is 15.0. The Morgan fingerprint density at radius 2 is 1.68 bits per heavy atom. The predicted octanol–water partition coefficient (Wildman–Crippen LogP) is 3.64. The number of rotatable bonds is 1. The third kappa shape index (κ3) is 2.92. The summed E-state index contributed by atoms with van der Waals surface area (Å²) in [6.07, 6.45) is 0. The van der Waals surface area contributed by atoms with Crippen molar-refractivity contribution in [3.8, 4) is 11.4 Å². The molecule has 19 heavy (non-hydrogen) atoms. The number of benzene rings is 1. The summed E-state index contributed by atoms with van der Waals surface area (Å²) in [6.45, 7) is 10.5. The number of hydrogen-bond acceptors (Lipinski definition) is 3. The minimum absolute atomic E-state index is 0.0382. The molecule has 0 saturated carbocycles. The van der Waals surface area contributed by atoms with Gasteiger partial charge in [-0.1, -0.05) is 38.5 Å². The summed E-state index contributed by atoms with van der Waals surface area (Å²) >= 11 is 0. The predicted molar refractivity (Wildman–Crippen MR) is 80.1 cm³/mol. The normalized spacial score (nSPS) is 11.6. The van der Waals surface area contributed by atoms with Gasteiger partial charge in [-0.05, 0) is 25.5 Å². The molecule has 1 aromatic carbocycles. The van der Waals surface area contributed by atoms with Crippen LogP contribution >= 0.6 is 0 Å². The fraction of sp³-hybridized carbons (Fsp3) is 0.375. The van der Waals surface area contributed by atoms with Crippen LogP contribution in [0.25, 0.3) is 11.4 Å². The Morgan fingerprint density at radius 1 is 1.00 bits per heavy atom. The van der Waals surface area contributed by atoms with Gasteiger partial charge in [0.2, 0.25) is 0 Å². The molecule has 0 aliphatic heterocycles. The van der Waals surface area contributed by atoms with Crippen molar-refractivity contribution in [1.82, 2.24) is 9.97 Å². The summed E-state index contributed by atoms with van der Waals surface area (Å²) in [7, 11) is 0. The SMILES string of the molecule is Cc1ccc(C)c(-c2nc(N)cc(C(C)(C)C)n2)c1. The number of nitrogens with zero attached hydrogens (tertiary/aromatic N) is 2. The van der Waals surface area contributed by atoms with E-state index in [9.17, 15) is 0 Å². The van der Waals surface area contributed by atoms with Crippen molar-refractivity contribution < 1.29 is 0 Å². The van der Waals surface area contributed by atoms with Crippen LogP contribution in [0.15, 0.2) is 24.3 Å². The van der Waals surface area contributed by atoms with Crippen LogP contribution in [0.3, 0.4) is 0 Å². The van der Waals surface area contributed by atoms with E-state index in [4.69, 9.17) is 5.73 Å². The first-order chi connectivity index (χ1) is 8.77. The molecule has 0 bridgehead atoms. The molecule has 0 unspecified atom stereocenters. The van der Waals surface area contributed by atoms with Crippen LogP contribution < -0.4 is 5.73 Å². The lowest BCUT2D eigenvalue weighted by Crippen LogP contribution is -2.15. The maximum absolute atomic E-state index is 5.93. The highest BCUT2D eigenvalue weighted by Gasteiger charge is 2.18. The smallest absolute Gasteiger partial charge is 0.162 e. The van der Waals surface area contributed by atoms with Gasteiger partial charge in [0.1, 0.15) is 5.82 Å². The summed E-state index contributed by atoms with van der Waals surface area (Å²) < 4.78 is 0. The molecule has 0 saturated heterocycles. The number of aryl methyl sites for hydroxylation is 2. The fourth-order valence-electron chi connectivity index (χ4n) is 1.95. The molecule has 2 N–H and O–H groups in total. The zero-order valence-corrected chi connectivity index (χ0v) is 12.3. The van der Waals surface area contributed by atoms with Crippen molar-refractivity contribution >= 4 is 5.82 Å². The lowest BCUT2D eigenvalue weighted by molar-refractivity contribution is 0.568. The number of hydrogen-bond donors (Lipinski definition) is 1. The van der Waals surface area contributed by atoms with Crippen LogP contribution in [0.1, 0.15) is 37.6 Å². The summed E-state index contributed by atoms with van der Waals surface area (Å²) in [4.78, 5) is 9.07. The van der Waals surface area contributed by atoms with Gasteiger partial charge in [0, 0.05) is 17.0 Å². The third-order valence-corrected chi connectivity index (χ3v) is 3.15. The second-order valence-corrected chi connectivity index (χ2v) is 6.07. The van der Waals surface area contributed by atoms with Gasteiger partial charge in [0.15, 0.2) is 5.82 Å². The van der Waals surface area contributed by atoms with Crippen LogP contribution in [0, 0.1) is 13.8 Å². The van der Waals surface area contributed by atoms with E-state index in [0.29, 0.717) is 11.6 Å². The monoisotopic (exact) mass is 255 g/mol. The molecular weight excluding hydrogens is 234 g/mol. The third-order valence-electron chi connectivity index (χ3n) is 3.15. The molecule has 100 valence electrons. The molecule has 0 amide bonds. The van der Waals surface area contributed by atoms with Gasteiger partial charge >= 0.3 is 0 Å². The van der Waals surface area contributed by atoms with Crippen LogP contribution in [0.5, 0.6) is 0 Å². The molecule has 1 aromatic heterocycles. The van der Waals surface area contributed by atoms with Gasteiger partial charge in [-0.15, -0.1) is 0 Å². The Hall–Kier alpha value is -1.90. The van der Waals surface area contributed by atoms with E-state index in [-0.39, 0.29) is 5.41 Å². The Labute approximate surface area is 114 Å². The Morgan fingerprint density at radius 3 is 2.32 bits per heavy atom. The van der Waals surface area contributed by atoms with Crippen LogP contribution in [0.2, 0.25) is 0 Å². The summed E-state index contributed by atoms with van der Waals surface area (Å²) in [6, 6.07) is 8.15. The van der Waals surface area contributed by atoms with E-state index in [1.165, 1.54) is 5.56 Å². The first-order valence-electron chi connectivity index (χ1n) is 6.50. The summed E-state index contributed by atoms with van der Waals surface area (Å²) in [5.74, 6) is 1.24. The van der Waals surface area contributed by atoms with E-state index in [1.54, 1.807) is 0 Å². The van der Waals surface area contributed by atoms with E-state index in [2.05, 4.69) is 62.8 Å². The highest BCUT2D eigenvalue weighted by Crippen LogP contribution is 2.26. The van der Waals surface area contributed by atoms with Crippen molar-refractivity contribution in [2.24, 2.45) is 0 Å². The summed E-state index contributed by atoms with van der Waals surface area (Å²) in [5.41, 5.74) is 10.3. The first kappa shape index (κ1) is 13.5. The maximum atomic E-state index is 5.93. The molecule has 0 fully saturated rings. The van der Waals surface area contributed by atoms with E-state index < -0.39 is 0 Å². The second-order valence-electron chi connectivity index (χ2n) is 6.07. The van der Waals surface area contributed by atoms with E-state index in [1.807, 2.05) is 6.07 Å². The van der Waals surface area contributed by atoms with Crippen LogP contribution in [0.4, 0.5) is 5.82 Å². The molecule has 3 nitrogen and oxygen atoms in total. The lowest BCUT2D eigenvalue weighted by Gasteiger charge is -2.19. The van der Waals surface area contributed by atoms with Gasteiger partial charge in [-0.25, -0.2) is 9.97 Å². The number of nitrogen functional groups attached to an aromatic ring is 1. The molecule has 0 spiro atoms. The average Bonchev–Trinajstić information content (AvgIpc) is 2.30. The molecule has 0 aliphatic carbocycles. The topological polar surface area (TPSA) is 51.8 Å². The van der Waals surface area contributed by atoms with Crippen molar-refractivity contribution in [3.63, 3.8) is 0 Å². The molecule has 0 aliphatic rings. The maximum Gasteiger partial charge on any atom is 0.162 e. The van der Waals surface area contributed by atoms with Crippen molar-refractivity contribution in [2.75, 3.05) is 5.73 Å². The van der Waals surface area contributed by atoms with Gasteiger partial charge < -0.3 is 5.73 Å². The van der Waals surface area contributed by atoms with Gasteiger partial charge in [-0.2, -0.15) is 0 Å². The zero-order valence-electron chi connectivity index (χ0n) is 12.3. The van der Waals surface area contributed by atoms with Crippen molar-refractivity contribution in [3.05, 3.63) is 41.1 Å². The average molecular weight is 255 g/mol. The van der Waals surface area contributed by atoms with Crippen molar-refractivity contribution in [1.29, 1.82) is 0 Å². The van der Waals surface area contributed by atoms with E-state index >= 15 is 0 Å². The molecule has 0 radical (unpaired) electrons. The lowest BCUT2D eigenvalue weighted by atomic mass is 9.91. The van der Waals surface area contributed by atoms with Gasteiger partial charge in [-0.3, -0.25) is 0 Å². The molecule has 2 rings (SSSR count). The highest BCUT2D eigenvalue weighted by molar-refractivity contribution is 5.62. The minimum atomic E-state index is -0.0382.